The zero-order chi connectivity index (χ0) is 16.5. The zero-order valence-corrected chi connectivity index (χ0v) is 15.2. The van der Waals surface area contributed by atoms with Crippen molar-refractivity contribution in [2.45, 2.75) is 25.0 Å². The van der Waals surface area contributed by atoms with Crippen LogP contribution < -0.4 is 0 Å². The Balaban J connectivity index is 1.61. The number of aromatic nitrogens is 1. The summed E-state index contributed by atoms with van der Waals surface area (Å²) in [6, 6.07) is 0. The Labute approximate surface area is 149 Å². The van der Waals surface area contributed by atoms with Crippen LogP contribution in [0.4, 0.5) is 0 Å². The third kappa shape index (κ3) is 3.22. The Morgan fingerprint density at radius 3 is 3.04 bits per heavy atom. The first kappa shape index (κ1) is 16.1. The van der Waals surface area contributed by atoms with Crippen LogP contribution in [0.15, 0.2) is 27.8 Å². The standard InChI is InChI=1S/C16H20N4O2S2/c1-2-22-16(21)12-9-18-14(15-17-5-8-23-15)20-7-6-19(10-13(12)20)24-11-3-4-11/h5,8,11H,2-4,6-7,9-10H2,1H3. The fourth-order valence-electron chi connectivity index (χ4n) is 2.89. The van der Waals surface area contributed by atoms with Crippen molar-refractivity contribution < 1.29 is 9.53 Å². The molecule has 0 radical (unpaired) electrons. The average Bonchev–Trinajstić information content (AvgIpc) is 3.23. The quantitative estimate of drug-likeness (QED) is 0.589. The number of amidine groups is 1. The van der Waals surface area contributed by atoms with Gasteiger partial charge in [-0.15, -0.1) is 11.3 Å². The molecule has 0 N–H and O–H groups in total. The van der Waals surface area contributed by atoms with Crippen LogP contribution in [0.1, 0.15) is 24.8 Å². The summed E-state index contributed by atoms with van der Waals surface area (Å²) in [5.74, 6) is 0.654. The largest absolute Gasteiger partial charge is 0.463 e. The molecule has 4 rings (SSSR count). The molecule has 1 aliphatic carbocycles. The highest BCUT2D eigenvalue weighted by Crippen LogP contribution is 2.38. The fourth-order valence-corrected chi connectivity index (χ4v) is 4.70. The lowest BCUT2D eigenvalue weighted by Crippen LogP contribution is -2.48. The van der Waals surface area contributed by atoms with Gasteiger partial charge in [0, 0.05) is 35.6 Å². The third-order valence-electron chi connectivity index (χ3n) is 4.18. The van der Waals surface area contributed by atoms with Gasteiger partial charge in [0.05, 0.1) is 25.3 Å². The van der Waals surface area contributed by atoms with Gasteiger partial charge in [-0.2, -0.15) is 0 Å². The Kier molecular flexibility index (Phi) is 4.60. The lowest BCUT2D eigenvalue weighted by Gasteiger charge is -2.40. The molecule has 128 valence electrons. The topological polar surface area (TPSA) is 58.0 Å². The molecule has 2 fully saturated rings. The first-order valence-corrected chi connectivity index (χ1v) is 10.0. The highest BCUT2D eigenvalue weighted by molar-refractivity contribution is 7.97. The Bertz CT molecular complexity index is 682. The van der Waals surface area contributed by atoms with Crippen LogP contribution in [0.5, 0.6) is 0 Å². The van der Waals surface area contributed by atoms with E-state index < -0.39 is 0 Å². The maximum atomic E-state index is 12.4. The van der Waals surface area contributed by atoms with E-state index in [0.717, 1.165) is 41.4 Å². The molecule has 1 aromatic heterocycles. The van der Waals surface area contributed by atoms with E-state index in [1.807, 2.05) is 24.3 Å². The normalized spacial score (nSPS) is 21.5. The number of thiazole rings is 1. The number of piperazine rings is 1. The van der Waals surface area contributed by atoms with Crippen LogP contribution in [0.3, 0.4) is 0 Å². The van der Waals surface area contributed by atoms with E-state index in [2.05, 4.69) is 19.2 Å². The SMILES string of the molecule is CCOC(=O)C1=C2CN(SC3CC3)CCN2C(c2nccs2)=NC1. The average molecular weight is 364 g/mol. The maximum absolute atomic E-state index is 12.4. The highest BCUT2D eigenvalue weighted by Gasteiger charge is 2.36. The number of nitrogens with zero attached hydrogens (tertiary/aromatic N) is 4. The highest BCUT2D eigenvalue weighted by atomic mass is 32.2. The van der Waals surface area contributed by atoms with Crippen LogP contribution in [0, 0.1) is 0 Å². The van der Waals surface area contributed by atoms with Crippen LogP contribution in [-0.2, 0) is 9.53 Å². The predicted octanol–water partition coefficient (Wildman–Crippen LogP) is 2.15. The lowest BCUT2D eigenvalue weighted by atomic mass is 10.1. The number of aliphatic imine (C=N–C) groups is 1. The maximum Gasteiger partial charge on any atom is 0.337 e. The number of carbonyl (C=O) groups is 1. The number of ether oxygens (including phenoxy) is 1. The summed E-state index contributed by atoms with van der Waals surface area (Å²) in [6.07, 6.45) is 4.41. The predicted molar refractivity (Wildman–Crippen MR) is 96.1 cm³/mol. The number of hydrogen-bond donors (Lipinski definition) is 0. The van der Waals surface area contributed by atoms with Crippen molar-refractivity contribution in [2.75, 3.05) is 32.8 Å². The molecule has 0 spiro atoms. The molecule has 6 nitrogen and oxygen atoms in total. The minimum Gasteiger partial charge on any atom is -0.463 e. The zero-order valence-electron chi connectivity index (χ0n) is 13.6. The second-order valence-corrected chi connectivity index (χ2v) is 8.23. The number of esters is 1. The Morgan fingerprint density at radius 1 is 1.46 bits per heavy atom. The van der Waals surface area contributed by atoms with Crippen molar-refractivity contribution in [1.29, 1.82) is 0 Å². The van der Waals surface area contributed by atoms with Crippen molar-refractivity contribution in [2.24, 2.45) is 4.99 Å². The van der Waals surface area contributed by atoms with Gasteiger partial charge in [0.2, 0.25) is 0 Å². The van der Waals surface area contributed by atoms with Gasteiger partial charge in [-0.3, -0.25) is 4.99 Å². The molecule has 0 unspecified atom stereocenters. The molecule has 2 aliphatic heterocycles. The molecule has 1 saturated carbocycles. The minimum absolute atomic E-state index is 0.238. The van der Waals surface area contributed by atoms with Gasteiger partial charge in [0.15, 0.2) is 10.8 Å². The summed E-state index contributed by atoms with van der Waals surface area (Å²) in [5, 5.41) is 3.64. The van der Waals surface area contributed by atoms with Crippen molar-refractivity contribution in [1.82, 2.24) is 14.2 Å². The number of carbonyl (C=O) groups excluding carboxylic acids is 1. The van der Waals surface area contributed by atoms with E-state index in [0.29, 0.717) is 18.7 Å². The van der Waals surface area contributed by atoms with Crippen molar-refractivity contribution in [3.05, 3.63) is 27.9 Å². The van der Waals surface area contributed by atoms with E-state index in [-0.39, 0.29) is 5.97 Å². The first-order valence-electron chi connectivity index (χ1n) is 8.29. The molecule has 8 heteroatoms. The van der Waals surface area contributed by atoms with Crippen molar-refractivity contribution in [3.63, 3.8) is 0 Å². The van der Waals surface area contributed by atoms with Gasteiger partial charge < -0.3 is 9.64 Å². The molecule has 0 atom stereocenters. The first-order chi connectivity index (χ1) is 11.8. The van der Waals surface area contributed by atoms with E-state index >= 15 is 0 Å². The molecule has 3 aliphatic rings. The molecule has 1 saturated heterocycles. The summed E-state index contributed by atoms with van der Waals surface area (Å²) in [6.45, 7) is 5.16. The molecule has 0 amide bonds. The van der Waals surface area contributed by atoms with Crippen molar-refractivity contribution in [3.8, 4) is 0 Å². The van der Waals surface area contributed by atoms with E-state index in [1.165, 1.54) is 12.8 Å². The molecular formula is C16H20N4O2S2. The van der Waals surface area contributed by atoms with Gasteiger partial charge in [0.1, 0.15) is 0 Å². The monoisotopic (exact) mass is 364 g/mol. The molecular weight excluding hydrogens is 344 g/mol. The van der Waals surface area contributed by atoms with Gasteiger partial charge >= 0.3 is 5.97 Å². The van der Waals surface area contributed by atoms with E-state index in [4.69, 9.17) is 4.74 Å². The van der Waals surface area contributed by atoms with Crippen molar-refractivity contribution >= 4 is 35.1 Å². The van der Waals surface area contributed by atoms with E-state index in [1.54, 1.807) is 17.5 Å². The van der Waals surface area contributed by atoms with Gasteiger partial charge in [0.25, 0.3) is 0 Å². The Morgan fingerprint density at radius 2 is 2.33 bits per heavy atom. The van der Waals surface area contributed by atoms with Gasteiger partial charge in [-0.25, -0.2) is 14.1 Å². The molecule has 3 heterocycles. The summed E-state index contributed by atoms with van der Waals surface area (Å²) in [4.78, 5) is 23.6. The van der Waals surface area contributed by atoms with Gasteiger partial charge in [-0.05, 0) is 19.8 Å². The molecule has 24 heavy (non-hydrogen) atoms. The van der Waals surface area contributed by atoms with Crippen LogP contribution in [-0.4, -0.2) is 64.0 Å². The second kappa shape index (κ2) is 6.85. The number of rotatable bonds is 5. The second-order valence-electron chi connectivity index (χ2n) is 5.94. The van der Waals surface area contributed by atoms with E-state index in [9.17, 15) is 4.79 Å². The summed E-state index contributed by atoms with van der Waals surface area (Å²) in [5.41, 5.74) is 1.73. The molecule has 0 bridgehead atoms. The van der Waals surface area contributed by atoms with Crippen LogP contribution in [0.25, 0.3) is 0 Å². The lowest BCUT2D eigenvalue weighted by molar-refractivity contribution is -0.138. The fraction of sp³-hybridized carbons (Fsp3) is 0.562. The summed E-state index contributed by atoms with van der Waals surface area (Å²) >= 11 is 3.52. The van der Waals surface area contributed by atoms with Gasteiger partial charge in [-0.1, -0.05) is 11.9 Å². The Hall–Kier alpha value is -1.38. The third-order valence-corrected chi connectivity index (χ3v) is 6.33. The minimum atomic E-state index is -0.238. The number of hydrogen-bond acceptors (Lipinski definition) is 8. The smallest absolute Gasteiger partial charge is 0.337 e. The van der Waals surface area contributed by atoms with Crippen LogP contribution >= 0.6 is 23.3 Å². The number of fused-ring (bicyclic) bond motifs is 1. The molecule has 0 aromatic carbocycles. The molecule has 1 aromatic rings. The summed E-state index contributed by atoms with van der Waals surface area (Å²) < 4.78 is 7.64. The van der Waals surface area contributed by atoms with Crippen LogP contribution in [0.2, 0.25) is 0 Å². The summed E-state index contributed by atoms with van der Waals surface area (Å²) in [7, 11) is 0.